The van der Waals surface area contributed by atoms with Gasteiger partial charge in [0, 0.05) is 11.1 Å². The summed E-state index contributed by atoms with van der Waals surface area (Å²) in [6.07, 6.45) is 1.73. The minimum absolute atomic E-state index is 0.517. The Morgan fingerprint density at radius 1 is 1.11 bits per heavy atom. The van der Waals surface area contributed by atoms with E-state index in [-0.39, 0.29) is 0 Å². The number of fused-ring (bicyclic) bond motifs is 5. The third-order valence-electron chi connectivity index (χ3n) is 4.72. The Bertz CT molecular complexity index is 1360. The molecule has 0 N–H and O–H groups in total. The number of thiophene rings is 1. The van der Waals surface area contributed by atoms with Crippen molar-refractivity contribution in [1.29, 1.82) is 0 Å². The number of rotatable bonds is 2. The van der Waals surface area contributed by atoms with E-state index in [0.29, 0.717) is 12.4 Å². The fraction of sp³-hybridized carbons (Fsp3) is 0.278. The molecular weight excluding hydrogens is 426 g/mol. The Morgan fingerprint density at radius 3 is 2.67 bits per heavy atom. The molecule has 0 saturated carbocycles. The fourth-order valence-electron chi connectivity index (χ4n) is 3.44. The minimum Gasteiger partial charge on any atom is -0.261 e. The zero-order valence-corrected chi connectivity index (χ0v) is 17.7. The van der Waals surface area contributed by atoms with Gasteiger partial charge in [0.15, 0.2) is 11.5 Å². The molecule has 0 aliphatic heterocycles. The summed E-state index contributed by atoms with van der Waals surface area (Å²) < 4.78 is 5.70. The van der Waals surface area contributed by atoms with E-state index in [4.69, 9.17) is 4.98 Å². The lowest BCUT2D eigenvalue weighted by atomic mass is 10.1. The molecule has 0 amide bonds. The molecule has 0 radical (unpaired) electrons. The van der Waals surface area contributed by atoms with Crippen LogP contribution < -0.4 is 0 Å². The Labute approximate surface area is 167 Å². The second-order valence-electron chi connectivity index (χ2n) is 6.72. The van der Waals surface area contributed by atoms with E-state index in [0.717, 1.165) is 47.6 Å². The van der Waals surface area contributed by atoms with Gasteiger partial charge in [0.1, 0.15) is 22.4 Å². The standard InChI is InChI=1S/C18H16BrN7S/c1-8-5-9(2)21-18-13(8)15-16(27-18)17-22-12(24-26(17)7-20-15)6-25-11(4)14(19)10(3)23-25/h5,7H,6H2,1-4H3. The van der Waals surface area contributed by atoms with Crippen LogP contribution in [0, 0.1) is 27.7 Å². The van der Waals surface area contributed by atoms with E-state index in [2.05, 4.69) is 49.1 Å². The van der Waals surface area contributed by atoms with Crippen molar-refractivity contribution >= 4 is 53.3 Å². The molecule has 5 rings (SSSR count). The quantitative estimate of drug-likeness (QED) is 0.411. The molecule has 0 saturated heterocycles. The summed E-state index contributed by atoms with van der Waals surface area (Å²) in [6, 6.07) is 2.09. The first-order valence-corrected chi connectivity index (χ1v) is 10.1. The van der Waals surface area contributed by atoms with Gasteiger partial charge >= 0.3 is 0 Å². The van der Waals surface area contributed by atoms with E-state index in [1.807, 2.05) is 25.5 Å². The van der Waals surface area contributed by atoms with E-state index in [1.165, 1.54) is 5.56 Å². The molecule has 0 spiro atoms. The number of hydrogen-bond acceptors (Lipinski definition) is 6. The maximum atomic E-state index is 4.78. The molecule has 0 aliphatic rings. The molecule has 27 heavy (non-hydrogen) atoms. The highest BCUT2D eigenvalue weighted by molar-refractivity contribution is 9.10. The molecular formula is C18H16BrN7S. The normalized spacial score (nSPS) is 12.0. The largest absolute Gasteiger partial charge is 0.261 e. The van der Waals surface area contributed by atoms with Crippen molar-refractivity contribution in [1.82, 2.24) is 34.3 Å². The highest BCUT2D eigenvalue weighted by atomic mass is 79.9. The van der Waals surface area contributed by atoms with Gasteiger partial charge in [0.05, 0.1) is 21.4 Å². The zero-order chi connectivity index (χ0) is 18.9. The Kier molecular flexibility index (Phi) is 3.60. The number of aromatic nitrogens is 7. The second kappa shape index (κ2) is 5.80. The highest BCUT2D eigenvalue weighted by Gasteiger charge is 2.17. The van der Waals surface area contributed by atoms with Crippen molar-refractivity contribution < 1.29 is 0 Å². The molecule has 136 valence electrons. The van der Waals surface area contributed by atoms with Crippen LogP contribution in [0.2, 0.25) is 0 Å². The number of pyridine rings is 1. The summed E-state index contributed by atoms with van der Waals surface area (Å²) in [4.78, 5) is 15.1. The van der Waals surface area contributed by atoms with Gasteiger partial charge in [-0.3, -0.25) is 4.68 Å². The van der Waals surface area contributed by atoms with Crippen molar-refractivity contribution in [3.8, 4) is 0 Å². The van der Waals surface area contributed by atoms with Gasteiger partial charge in [0.2, 0.25) is 0 Å². The smallest absolute Gasteiger partial charge is 0.176 e. The monoisotopic (exact) mass is 441 g/mol. The van der Waals surface area contributed by atoms with E-state index in [9.17, 15) is 0 Å². The Hall–Kier alpha value is -2.39. The lowest BCUT2D eigenvalue weighted by Gasteiger charge is -1.99. The van der Waals surface area contributed by atoms with Gasteiger partial charge in [-0.05, 0) is 55.3 Å². The molecule has 5 aromatic rings. The minimum atomic E-state index is 0.517. The number of halogens is 1. The third kappa shape index (κ3) is 2.49. The van der Waals surface area contributed by atoms with Crippen LogP contribution in [0.25, 0.3) is 26.1 Å². The summed E-state index contributed by atoms with van der Waals surface area (Å²) in [5.41, 5.74) is 5.98. The van der Waals surface area contributed by atoms with Crippen LogP contribution >= 0.6 is 27.3 Å². The first-order chi connectivity index (χ1) is 12.9. The zero-order valence-electron chi connectivity index (χ0n) is 15.3. The van der Waals surface area contributed by atoms with E-state index < -0.39 is 0 Å². The third-order valence-corrected chi connectivity index (χ3v) is 6.94. The van der Waals surface area contributed by atoms with Crippen LogP contribution in [-0.2, 0) is 6.54 Å². The average molecular weight is 442 g/mol. The molecule has 0 unspecified atom stereocenters. The van der Waals surface area contributed by atoms with Crippen molar-refractivity contribution in [3.63, 3.8) is 0 Å². The maximum Gasteiger partial charge on any atom is 0.176 e. The SMILES string of the molecule is Cc1cc(C)c2c(n1)sc1c2ncn2nc(Cn3nc(C)c(Br)c3C)nc12. The molecule has 9 heteroatoms. The Morgan fingerprint density at radius 2 is 1.93 bits per heavy atom. The molecule has 0 aromatic carbocycles. The van der Waals surface area contributed by atoms with Gasteiger partial charge in [0.25, 0.3) is 0 Å². The van der Waals surface area contributed by atoms with Gasteiger partial charge in [-0.2, -0.15) is 5.10 Å². The van der Waals surface area contributed by atoms with Gasteiger partial charge in [-0.15, -0.1) is 16.4 Å². The molecule has 0 aliphatic carbocycles. The van der Waals surface area contributed by atoms with Crippen molar-refractivity contribution in [2.45, 2.75) is 34.2 Å². The summed E-state index contributed by atoms with van der Waals surface area (Å²) in [6.45, 7) is 8.64. The molecule has 7 nitrogen and oxygen atoms in total. The first kappa shape index (κ1) is 16.8. The summed E-state index contributed by atoms with van der Waals surface area (Å²) in [5, 5.41) is 10.3. The molecule has 0 atom stereocenters. The van der Waals surface area contributed by atoms with Gasteiger partial charge in [-0.25, -0.2) is 19.5 Å². The molecule has 5 aromatic heterocycles. The van der Waals surface area contributed by atoms with Crippen LogP contribution in [0.15, 0.2) is 16.9 Å². The van der Waals surface area contributed by atoms with E-state index in [1.54, 1.807) is 22.2 Å². The van der Waals surface area contributed by atoms with Crippen LogP contribution in [0.1, 0.15) is 28.5 Å². The lowest BCUT2D eigenvalue weighted by Crippen LogP contribution is -2.05. The van der Waals surface area contributed by atoms with Crippen LogP contribution in [0.3, 0.4) is 0 Å². The van der Waals surface area contributed by atoms with Crippen molar-refractivity contribution in [2.75, 3.05) is 0 Å². The van der Waals surface area contributed by atoms with Gasteiger partial charge in [-0.1, -0.05) is 0 Å². The average Bonchev–Trinajstić information content (AvgIpc) is 3.25. The number of hydrogen-bond donors (Lipinski definition) is 0. The first-order valence-electron chi connectivity index (χ1n) is 8.52. The molecule has 5 heterocycles. The summed E-state index contributed by atoms with van der Waals surface area (Å²) in [7, 11) is 0. The van der Waals surface area contributed by atoms with Gasteiger partial charge < -0.3 is 0 Å². The van der Waals surface area contributed by atoms with Crippen LogP contribution in [-0.4, -0.2) is 34.3 Å². The predicted molar refractivity (Wildman–Crippen MR) is 109 cm³/mol. The number of nitrogens with zero attached hydrogens (tertiary/aromatic N) is 7. The van der Waals surface area contributed by atoms with Crippen LogP contribution in [0.5, 0.6) is 0 Å². The van der Waals surface area contributed by atoms with Crippen LogP contribution in [0.4, 0.5) is 0 Å². The lowest BCUT2D eigenvalue weighted by molar-refractivity contribution is 0.630. The molecule has 0 fully saturated rings. The van der Waals surface area contributed by atoms with E-state index >= 15 is 0 Å². The topological polar surface area (TPSA) is 73.8 Å². The summed E-state index contributed by atoms with van der Waals surface area (Å²) >= 11 is 5.19. The fourth-order valence-corrected chi connectivity index (χ4v) is 4.95. The second-order valence-corrected chi connectivity index (χ2v) is 8.52. The van der Waals surface area contributed by atoms with Crippen molar-refractivity contribution in [2.24, 2.45) is 0 Å². The Balaban J connectivity index is 1.70. The highest BCUT2D eigenvalue weighted by Crippen LogP contribution is 2.35. The van der Waals surface area contributed by atoms with Crippen molar-refractivity contribution in [3.05, 3.63) is 45.3 Å². The number of aryl methyl sites for hydroxylation is 3. The predicted octanol–water partition coefficient (Wildman–Crippen LogP) is 4.13. The summed E-state index contributed by atoms with van der Waals surface area (Å²) in [5.74, 6) is 0.709. The molecule has 0 bridgehead atoms. The maximum absolute atomic E-state index is 4.78.